The van der Waals surface area contributed by atoms with E-state index in [1.165, 1.54) is 0 Å². The van der Waals surface area contributed by atoms with Gasteiger partial charge in [0.25, 0.3) is 5.91 Å². The van der Waals surface area contributed by atoms with Crippen molar-refractivity contribution < 1.29 is 13.9 Å². The summed E-state index contributed by atoms with van der Waals surface area (Å²) in [6.07, 6.45) is 0.754. The number of carbonyl (C=O) groups is 1. The Kier molecular flexibility index (Phi) is 6.52. The van der Waals surface area contributed by atoms with Gasteiger partial charge in [-0.05, 0) is 34.5 Å². The monoisotopic (exact) mass is 309 g/mol. The van der Waals surface area contributed by atoms with Gasteiger partial charge in [-0.2, -0.15) is 0 Å². The Balaban J connectivity index is 2.11. The smallest absolute Gasteiger partial charge is 0.287 e. The summed E-state index contributed by atoms with van der Waals surface area (Å²) in [5.74, 6) is 0.573. The molecule has 0 saturated heterocycles. The summed E-state index contributed by atoms with van der Waals surface area (Å²) in [6, 6.07) is 3.29. The molecule has 0 atom stereocenters. The maximum absolute atomic E-state index is 11.5. The zero-order chi connectivity index (χ0) is 11.8. The predicted octanol–water partition coefficient (Wildman–Crippen LogP) is 2.42. The molecular weight excluding hydrogens is 297 g/mol. The zero-order valence-corrected chi connectivity index (χ0v) is 11.0. The van der Waals surface area contributed by atoms with Gasteiger partial charge in [-0.25, -0.2) is 0 Å². The van der Waals surface area contributed by atoms with E-state index >= 15 is 0 Å². The second-order valence-corrected chi connectivity index (χ2v) is 4.17. The lowest BCUT2D eigenvalue weighted by molar-refractivity contribution is 0.0916. The molecule has 0 spiro atoms. The first-order valence-electron chi connectivity index (χ1n) is 4.91. The molecule has 0 aliphatic rings. The molecule has 0 aliphatic heterocycles. The maximum Gasteiger partial charge on any atom is 0.287 e. The number of alkyl halides is 1. The lowest BCUT2D eigenvalue weighted by Crippen LogP contribution is -2.24. The Bertz CT molecular complexity index is 330. The van der Waals surface area contributed by atoms with Crippen LogP contribution in [0.1, 0.15) is 17.0 Å². The molecule has 4 nitrogen and oxygen atoms in total. The van der Waals surface area contributed by atoms with Crippen LogP contribution in [-0.4, -0.2) is 31.5 Å². The number of nitrogens with one attached hydrogen (secondary N) is 1. The molecule has 1 amide bonds. The van der Waals surface area contributed by atoms with Crippen molar-refractivity contribution in [3.8, 4) is 0 Å². The number of halogens is 2. The summed E-state index contributed by atoms with van der Waals surface area (Å²) in [5, 5.41) is 2.72. The summed E-state index contributed by atoms with van der Waals surface area (Å²) in [7, 11) is 0. The average Bonchev–Trinajstić information content (AvgIpc) is 2.70. The van der Waals surface area contributed by atoms with Crippen LogP contribution in [-0.2, 0) is 4.74 Å². The first-order valence-corrected chi connectivity index (χ1v) is 6.24. The minimum absolute atomic E-state index is 0.219. The first kappa shape index (κ1) is 13.5. The summed E-state index contributed by atoms with van der Waals surface area (Å²) in [4.78, 5) is 11.5. The van der Waals surface area contributed by atoms with Crippen LogP contribution in [0.25, 0.3) is 0 Å². The van der Waals surface area contributed by atoms with E-state index in [2.05, 4.69) is 21.2 Å². The summed E-state index contributed by atoms with van der Waals surface area (Å²) in [5.41, 5.74) is 0. The van der Waals surface area contributed by atoms with Crippen molar-refractivity contribution in [1.82, 2.24) is 5.32 Å². The molecule has 1 aromatic heterocycles. The maximum atomic E-state index is 11.5. The fourth-order valence-electron chi connectivity index (χ4n) is 1.06. The van der Waals surface area contributed by atoms with Crippen molar-refractivity contribution in [2.75, 3.05) is 25.6 Å². The molecule has 0 unspecified atom stereocenters. The largest absolute Gasteiger partial charge is 0.444 e. The van der Waals surface area contributed by atoms with Crippen molar-refractivity contribution in [3.63, 3.8) is 0 Å². The second-order valence-electron chi connectivity index (χ2n) is 3.01. The Morgan fingerprint density at radius 1 is 1.50 bits per heavy atom. The summed E-state index contributed by atoms with van der Waals surface area (Å²) in [6.45, 7) is 1.69. The van der Waals surface area contributed by atoms with Gasteiger partial charge in [-0.3, -0.25) is 4.79 Å². The van der Waals surface area contributed by atoms with Crippen molar-refractivity contribution in [1.29, 1.82) is 0 Å². The molecule has 1 aromatic rings. The van der Waals surface area contributed by atoms with Gasteiger partial charge in [0.2, 0.25) is 0 Å². The van der Waals surface area contributed by atoms with Crippen LogP contribution in [0.15, 0.2) is 21.2 Å². The molecule has 0 aromatic carbocycles. The summed E-state index contributed by atoms with van der Waals surface area (Å²) < 4.78 is 10.8. The van der Waals surface area contributed by atoms with Gasteiger partial charge >= 0.3 is 0 Å². The topological polar surface area (TPSA) is 51.5 Å². The van der Waals surface area contributed by atoms with E-state index in [-0.39, 0.29) is 5.91 Å². The van der Waals surface area contributed by atoms with Crippen LogP contribution in [0.2, 0.25) is 0 Å². The highest BCUT2D eigenvalue weighted by Gasteiger charge is 2.08. The van der Waals surface area contributed by atoms with E-state index < -0.39 is 0 Å². The number of carbonyl (C=O) groups excluding carboxylic acids is 1. The van der Waals surface area contributed by atoms with E-state index in [1.54, 1.807) is 12.1 Å². The van der Waals surface area contributed by atoms with Gasteiger partial charge in [-0.15, -0.1) is 11.6 Å². The van der Waals surface area contributed by atoms with Crippen LogP contribution in [0.5, 0.6) is 0 Å². The number of furan rings is 1. The Morgan fingerprint density at radius 2 is 2.31 bits per heavy atom. The van der Waals surface area contributed by atoms with E-state index in [0.717, 1.165) is 6.42 Å². The van der Waals surface area contributed by atoms with Gasteiger partial charge in [0.15, 0.2) is 10.4 Å². The molecule has 0 saturated carbocycles. The molecule has 1 rings (SSSR count). The van der Waals surface area contributed by atoms with Gasteiger partial charge < -0.3 is 14.5 Å². The normalized spacial score (nSPS) is 10.4. The highest BCUT2D eigenvalue weighted by atomic mass is 79.9. The van der Waals surface area contributed by atoms with E-state index in [1.807, 2.05) is 0 Å². The molecule has 0 aliphatic carbocycles. The highest BCUT2D eigenvalue weighted by Crippen LogP contribution is 2.13. The third kappa shape index (κ3) is 5.01. The van der Waals surface area contributed by atoms with Gasteiger partial charge in [0, 0.05) is 19.0 Å². The van der Waals surface area contributed by atoms with E-state index in [0.29, 0.717) is 36.1 Å². The number of amides is 1. The molecule has 6 heteroatoms. The van der Waals surface area contributed by atoms with Crippen molar-refractivity contribution >= 4 is 33.4 Å². The standard InChI is InChI=1S/C10H13BrClNO3/c11-9-3-2-8(16-9)10(14)13-5-1-6-15-7-4-12/h2-3H,1,4-7H2,(H,13,14). The SMILES string of the molecule is O=C(NCCCOCCCl)c1ccc(Br)o1. The third-order valence-corrected chi connectivity index (χ3v) is 2.35. The fourth-order valence-corrected chi connectivity index (χ4v) is 1.47. The number of hydrogen-bond acceptors (Lipinski definition) is 3. The van der Waals surface area contributed by atoms with E-state index in [4.69, 9.17) is 20.8 Å². The lowest BCUT2D eigenvalue weighted by Gasteiger charge is -2.03. The zero-order valence-electron chi connectivity index (χ0n) is 8.67. The second kappa shape index (κ2) is 7.70. The molecular formula is C10H13BrClNO3. The Labute approximate surface area is 107 Å². The highest BCUT2D eigenvalue weighted by molar-refractivity contribution is 9.10. The third-order valence-electron chi connectivity index (χ3n) is 1.77. The Hall–Kier alpha value is -0.520. The van der Waals surface area contributed by atoms with Crippen molar-refractivity contribution in [3.05, 3.63) is 22.6 Å². The van der Waals surface area contributed by atoms with E-state index in [9.17, 15) is 4.79 Å². The number of rotatable bonds is 7. The van der Waals surface area contributed by atoms with Crippen molar-refractivity contribution in [2.45, 2.75) is 6.42 Å². The molecule has 0 bridgehead atoms. The molecule has 1 N–H and O–H groups in total. The number of ether oxygens (including phenoxy) is 1. The van der Waals surface area contributed by atoms with Crippen molar-refractivity contribution in [2.24, 2.45) is 0 Å². The lowest BCUT2D eigenvalue weighted by atomic mass is 10.4. The van der Waals surface area contributed by atoms with Crippen LogP contribution in [0.3, 0.4) is 0 Å². The van der Waals surface area contributed by atoms with Gasteiger partial charge in [0.05, 0.1) is 6.61 Å². The molecule has 0 fully saturated rings. The van der Waals surface area contributed by atoms with Crippen LogP contribution >= 0.6 is 27.5 Å². The predicted molar refractivity (Wildman–Crippen MR) is 64.9 cm³/mol. The quantitative estimate of drug-likeness (QED) is 0.621. The molecule has 90 valence electrons. The summed E-state index contributed by atoms with van der Waals surface area (Å²) >= 11 is 8.57. The van der Waals surface area contributed by atoms with Crippen LogP contribution in [0.4, 0.5) is 0 Å². The molecule has 0 radical (unpaired) electrons. The minimum Gasteiger partial charge on any atom is -0.444 e. The van der Waals surface area contributed by atoms with Crippen LogP contribution in [0, 0.1) is 0 Å². The first-order chi connectivity index (χ1) is 7.74. The number of hydrogen-bond donors (Lipinski definition) is 1. The van der Waals surface area contributed by atoms with Gasteiger partial charge in [0.1, 0.15) is 0 Å². The molecule has 1 heterocycles. The van der Waals surface area contributed by atoms with Crippen LogP contribution < -0.4 is 5.32 Å². The average molecular weight is 311 g/mol. The fraction of sp³-hybridized carbons (Fsp3) is 0.500. The Morgan fingerprint density at radius 3 is 2.94 bits per heavy atom. The van der Waals surface area contributed by atoms with Gasteiger partial charge in [-0.1, -0.05) is 0 Å². The molecule has 16 heavy (non-hydrogen) atoms. The minimum atomic E-state index is -0.219.